The first-order valence-corrected chi connectivity index (χ1v) is 27.7. The van der Waals surface area contributed by atoms with E-state index in [1.54, 1.807) is 22.7 Å². The van der Waals surface area contributed by atoms with Gasteiger partial charge in [-0.15, -0.1) is 22.7 Å². The molecule has 1 N–H and O–H groups in total. The number of carbonyl (C=O) groups excluding carboxylic acids is 2. The van der Waals surface area contributed by atoms with Crippen molar-refractivity contribution in [1.82, 2.24) is 5.32 Å². The molecule has 1 unspecified atom stereocenters. The summed E-state index contributed by atoms with van der Waals surface area (Å²) in [6.07, 6.45) is 51.6. The lowest BCUT2D eigenvalue weighted by Gasteiger charge is -2.14. The number of nitrogens with one attached hydrogen (secondary N) is 1. The van der Waals surface area contributed by atoms with Gasteiger partial charge in [-0.3, -0.25) is 9.59 Å². The quantitative estimate of drug-likeness (QED) is 0.0679. The predicted molar refractivity (Wildman–Crippen MR) is 263 cm³/mol. The lowest BCUT2D eigenvalue weighted by atomic mass is 9.97. The van der Waals surface area contributed by atoms with Crippen LogP contribution in [0.2, 0.25) is 0 Å². The van der Waals surface area contributed by atoms with Gasteiger partial charge in [0.25, 0.3) is 11.8 Å². The van der Waals surface area contributed by atoms with Crippen molar-refractivity contribution in [3.05, 3.63) is 54.9 Å². The molecular weight excluding hydrogens is 773 g/mol. The van der Waals surface area contributed by atoms with E-state index in [-0.39, 0.29) is 17.9 Å². The number of unbranched alkanes of at least 4 members (excludes halogenated alkanes) is 34. The summed E-state index contributed by atoms with van der Waals surface area (Å²) in [6, 6.07) is 4.02. The van der Waals surface area contributed by atoms with Gasteiger partial charge in [0.05, 0.1) is 27.8 Å². The van der Waals surface area contributed by atoms with Crippen molar-refractivity contribution in [3.8, 4) is 0 Å². The Morgan fingerprint density at radius 3 is 1.23 bits per heavy atom. The highest BCUT2D eigenvalue weighted by molar-refractivity contribution is 7.12. The summed E-state index contributed by atoms with van der Waals surface area (Å²) >= 11 is 3.30. The van der Waals surface area contributed by atoms with Crippen LogP contribution in [0, 0.1) is 0 Å². The first kappa shape index (κ1) is 50.6. The van der Waals surface area contributed by atoms with Crippen LogP contribution in [-0.2, 0) is 22.4 Å². The third-order valence-corrected chi connectivity index (χ3v) is 15.3. The minimum atomic E-state index is -0.370. The molecule has 2 amide bonds. The van der Waals surface area contributed by atoms with Crippen LogP contribution in [0.15, 0.2) is 39.0 Å². The van der Waals surface area contributed by atoms with Crippen LogP contribution in [0.3, 0.4) is 0 Å². The number of aryl methyl sites for hydroxylation is 2. The summed E-state index contributed by atoms with van der Waals surface area (Å²) in [5, 5.41) is 7.44. The maximum absolute atomic E-state index is 13.5. The van der Waals surface area contributed by atoms with E-state index in [4.69, 9.17) is 0 Å². The third-order valence-electron chi connectivity index (χ3n) is 13.3. The average Bonchev–Trinajstić information content (AvgIpc) is 4.06. The summed E-state index contributed by atoms with van der Waals surface area (Å²) in [5.74, 6) is -0.372. The maximum atomic E-state index is 13.5. The van der Waals surface area contributed by atoms with Gasteiger partial charge in [0.2, 0.25) is 0 Å². The van der Waals surface area contributed by atoms with Crippen molar-refractivity contribution in [2.75, 3.05) is 0 Å². The van der Waals surface area contributed by atoms with Gasteiger partial charge in [-0.25, -0.2) is 4.99 Å². The predicted octanol–water partition coefficient (Wildman–Crippen LogP) is 17.5. The average molecular weight is 861 g/mol. The van der Waals surface area contributed by atoms with E-state index in [1.807, 2.05) is 0 Å². The van der Waals surface area contributed by atoms with Crippen LogP contribution in [-0.4, -0.2) is 17.5 Å². The number of aliphatic imine (C=N–C) groups is 1. The van der Waals surface area contributed by atoms with Crippen LogP contribution in [0.4, 0.5) is 0 Å². The minimum absolute atomic E-state index is 0.139. The monoisotopic (exact) mass is 861 g/mol. The molecule has 0 aliphatic carbocycles. The zero-order valence-electron chi connectivity index (χ0n) is 38.8. The third kappa shape index (κ3) is 19.1. The molecule has 4 heterocycles. The van der Waals surface area contributed by atoms with Gasteiger partial charge in [0.1, 0.15) is 0 Å². The molecule has 338 valence electrons. The number of rotatable bonds is 40. The molecule has 60 heavy (non-hydrogen) atoms. The molecule has 2 aromatic rings. The Kier molecular flexibility index (Phi) is 27.5. The highest BCUT2D eigenvalue weighted by Gasteiger charge is 2.45. The summed E-state index contributed by atoms with van der Waals surface area (Å²) in [7, 11) is 0. The second kappa shape index (κ2) is 32.6. The van der Waals surface area contributed by atoms with Gasteiger partial charge in [0.15, 0.2) is 0 Å². The first-order chi connectivity index (χ1) is 29.7. The van der Waals surface area contributed by atoms with Gasteiger partial charge in [-0.05, 0) is 59.7 Å². The van der Waals surface area contributed by atoms with E-state index in [2.05, 4.69) is 47.0 Å². The number of hydrogen-bond donors (Lipinski definition) is 1. The molecule has 0 saturated carbocycles. The summed E-state index contributed by atoms with van der Waals surface area (Å²) in [6.45, 7) is 4.59. The van der Waals surface area contributed by atoms with Crippen LogP contribution >= 0.6 is 22.7 Å². The lowest BCUT2D eigenvalue weighted by Crippen LogP contribution is -2.26. The normalized spacial score (nSPS) is 15.1. The number of thiophene rings is 2. The van der Waals surface area contributed by atoms with Crippen LogP contribution in [0.5, 0.6) is 0 Å². The Morgan fingerprint density at radius 1 is 0.467 bits per heavy atom. The Hall–Kier alpha value is -2.05. The molecule has 2 aromatic heterocycles. The molecular formula is C54H88N2O2S2. The van der Waals surface area contributed by atoms with Crippen molar-refractivity contribution < 1.29 is 9.59 Å². The molecule has 0 spiro atoms. The zero-order chi connectivity index (χ0) is 42.3. The van der Waals surface area contributed by atoms with E-state index in [0.717, 1.165) is 35.4 Å². The molecule has 6 heteroatoms. The van der Waals surface area contributed by atoms with Crippen LogP contribution in [0.25, 0.3) is 0 Å². The fraction of sp³-hybridized carbons (Fsp3) is 0.759. The van der Waals surface area contributed by atoms with Gasteiger partial charge in [-0.2, -0.15) is 0 Å². The number of carbonyl (C=O) groups is 2. The van der Waals surface area contributed by atoms with E-state index in [0.29, 0.717) is 16.9 Å². The number of nitrogens with zero attached hydrogens (tertiary/aromatic N) is 1. The van der Waals surface area contributed by atoms with Gasteiger partial charge < -0.3 is 5.32 Å². The Balaban J connectivity index is 1.05. The Bertz CT molecular complexity index is 1500. The minimum Gasteiger partial charge on any atom is -0.340 e. The second-order valence-electron chi connectivity index (χ2n) is 18.6. The van der Waals surface area contributed by atoms with Crippen LogP contribution in [0.1, 0.15) is 272 Å². The van der Waals surface area contributed by atoms with E-state index >= 15 is 0 Å². The Morgan fingerprint density at radius 2 is 0.817 bits per heavy atom. The van der Waals surface area contributed by atoms with Crippen LogP contribution < -0.4 is 5.32 Å². The fourth-order valence-corrected chi connectivity index (χ4v) is 11.5. The highest BCUT2D eigenvalue weighted by Crippen LogP contribution is 2.41. The van der Waals surface area contributed by atoms with Crippen molar-refractivity contribution in [1.29, 1.82) is 0 Å². The van der Waals surface area contributed by atoms with E-state index in [1.165, 1.54) is 229 Å². The molecule has 2 aliphatic rings. The maximum Gasteiger partial charge on any atom is 0.276 e. The molecule has 0 fully saturated rings. The smallest absolute Gasteiger partial charge is 0.276 e. The van der Waals surface area contributed by atoms with Gasteiger partial charge in [-0.1, -0.05) is 232 Å². The van der Waals surface area contributed by atoms with Gasteiger partial charge >= 0.3 is 0 Å². The zero-order valence-corrected chi connectivity index (χ0v) is 40.5. The van der Waals surface area contributed by atoms with E-state index < -0.39 is 0 Å². The van der Waals surface area contributed by atoms with E-state index in [9.17, 15) is 9.59 Å². The fourth-order valence-electron chi connectivity index (χ4n) is 9.57. The van der Waals surface area contributed by atoms with Crippen molar-refractivity contribution in [3.63, 3.8) is 0 Å². The molecule has 0 aromatic carbocycles. The molecule has 2 aliphatic heterocycles. The second-order valence-corrected chi connectivity index (χ2v) is 20.4. The van der Waals surface area contributed by atoms with Gasteiger partial charge in [0, 0.05) is 4.88 Å². The molecule has 4 rings (SSSR count). The molecule has 0 saturated heterocycles. The molecule has 4 nitrogen and oxygen atoms in total. The summed E-state index contributed by atoms with van der Waals surface area (Å²) < 4.78 is 0. The van der Waals surface area contributed by atoms with Crippen molar-refractivity contribution in [2.45, 2.75) is 264 Å². The Labute approximate surface area is 377 Å². The standard InChI is InChI=1S/C54H88N2O2S2/c1-3-5-7-9-11-13-15-17-19-21-23-25-27-29-31-33-35-37-39-45-41-43-59-51(45)49-47-48(54(58)55-49)50(56-53(47)57)52-46(42-44-60-52)40-38-36-34-32-30-28-26-24-22-20-18-16-14-12-10-8-6-4-2/h41-44,49H,3-40H2,1-2H3,(H,55,58). The lowest BCUT2D eigenvalue weighted by molar-refractivity contribution is -0.116. The largest absolute Gasteiger partial charge is 0.340 e. The first-order valence-electron chi connectivity index (χ1n) is 26.0. The SMILES string of the molecule is CCCCCCCCCCCCCCCCCCCCc1ccsc1C1=NC(=O)C2=C1C(=O)NC2c1sccc1CCCCCCCCCCCCCCCCCCCC. The number of amides is 2. The summed E-state index contributed by atoms with van der Waals surface area (Å²) in [4.78, 5) is 33.7. The summed E-state index contributed by atoms with van der Waals surface area (Å²) in [5.41, 5.74) is 4.23. The molecule has 1 atom stereocenters. The molecule has 0 radical (unpaired) electrons. The molecule has 0 bridgehead atoms. The topological polar surface area (TPSA) is 58.5 Å². The van der Waals surface area contributed by atoms with Crippen molar-refractivity contribution >= 4 is 40.2 Å². The number of hydrogen-bond acceptors (Lipinski definition) is 4. The van der Waals surface area contributed by atoms with Crippen molar-refractivity contribution in [2.24, 2.45) is 4.99 Å². The highest BCUT2D eigenvalue weighted by atomic mass is 32.1.